The summed E-state index contributed by atoms with van der Waals surface area (Å²) in [6, 6.07) is 6.23. The van der Waals surface area contributed by atoms with E-state index in [-0.39, 0.29) is 0 Å². The Balaban J connectivity index is 2.06. The lowest BCUT2D eigenvalue weighted by Crippen LogP contribution is -2.16. The molecule has 0 unspecified atom stereocenters. The Kier molecular flexibility index (Phi) is 6.19. The second-order valence-electron chi connectivity index (χ2n) is 5.50. The normalized spacial score (nSPS) is 16.7. The zero-order valence-corrected chi connectivity index (χ0v) is 12.8. The number of benzene rings is 1. The van der Waals surface area contributed by atoms with Crippen LogP contribution in [0.3, 0.4) is 0 Å². The van der Waals surface area contributed by atoms with E-state index in [1.165, 1.54) is 44.1 Å². The molecule has 0 amide bonds. The SMILES string of the molecule is CCNCc1ccc(OC)c(OC2CCCCCC2)c1. The molecule has 1 saturated carbocycles. The third kappa shape index (κ3) is 4.41. The van der Waals surface area contributed by atoms with Gasteiger partial charge < -0.3 is 14.8 Å². The molecule has 0 bridgehead atoms. The van der Waals surface area contributed by atoms with Crippen molar-refractivity contribution in [2.75, 3.05) is 13.7 Å². The average molecular weight is 277 g/mol. The summed E-state index contributed by atoms with van der Waals surface area (Å²) >= 11 is 0. The fourth-order valence-electron chi connectivity index (χ4n) is 2.73. The molecule has 2 rings (SSSR count). The Bertz CT molecular complexity index is 398. The van der Waals surface area contributed by atoms with Gasteiger partial charge in [-0.25, -0.2) is 0 Å². The van der Waals surface area contributed by atoms with E-state index in [1.807, 2.05) is 6.07 Å². The highest BCUT2D eigenvalue weighted by molar-refractivity contribution is 5.43. The zero-order chi connectivity index (χ0) is 14.2. The Morgan fingerprint density at radius 1 is 1.10 bits per heavy atom. The molecule has 1 aromatic carbocycles. The summed E-state index contributed by atoms with van der Waals surface area (Å²) in [6.07, 6.45) is 7.94. The van der Waals surface area contributed by atoms with Crippen molar-refractivity contribution in [2.45, 2.75) is 58.1 Å². The molecule has 1 N–H and O–H groups in total. The minimum atomic E-state index is 0.348. The lowest BCUT2D eigenvalue weighted by atomic mass is 10.1. The average Bonchev–Trinajstić information content (AvgIpc) is 2.74. The van der Waals surface area contributed by atoms with Crippen molar-refractivity contribution in [3.05, 3.63) is 23.8 Å². The summed E-state index contributed by atoms with van der Waals surface area (Å²) in [5.74, 6) is 1.74. The van der Waals surface area contributed by atoms with E-state index in [9.17, 15) is 0 Å². The van der Waals surface area contributed by atoms with Gasteiger partial charge in [0.1, 0.15) is 0 Å². The van der Waals surface area contributed by atoms with Gasteiger partial charge in [0.05, 0.1) is 13.2 Å². The van der Waals surface area contributed by atoms with Gasteiger partial charge in [-0.1, -0.05) is 25.8 Å². The molecular formula is C17H27NO2. The number of hydrogen-bond acceptors (Lipinski definition) is 3. The molecule has 20 heavy (non-hydrogen) atoms. The van der Waals surface area contributed by atoms with Gasteiger partial charge >= 0.3 is 0 Å². The Hall–Kier alpha value is -1.22. The highest BCUT2D eigenvalue weighted by Crippen LogP contribution is 2.31. The minimum absolute atomic E-state index is 0.348. The van der Waals surface area contributed by atoms with E-state index < -0.39 is 0 Å². The zero-order valence-electron chi connectivity index (χ0n) is 12.8. The summed E-state index contributed by atoms with van der Waals surface area (Å²) in [5, 5.41) is 3.35. The molecule has 1 aromatic rings. The standard InChI is InChI=1S/C17H27NO2/c1-3-18-13-14-10-11-16(19-2)17(12-14)20-15-8-6-4-5-7-9-15/h10-12,15,18H,3-9,13H2,1-2H3. The van der Waals surface area contributed by atoms with E-state index in [0.29, 0.717) is 6.10 Å². The van der Waals surface area contributed by atoms with E-state index in [0.717, 1.165) is 24.6 Å². The number of ether oxygens (including phenoxy) is 2. The molecule has 0 spiro atoms. The van der Waals surface area contributed by atoms with Gasteiger partial charge in [-0.05, 0) is 49.9 Å². The second-order valence-corrected chi connectivity index (χ2v) is 5.50. The lowest BCUT2D eigenvalue weighted by molar-refractivity contribution is 0.176. The summed E-state index contributed by atoms with van der Waals surface area (Å²) < 4.78 is 11.7. The van der Waals surface area contributed by atoms with Crippen LogP contribution in [-0.4, -0.2) is 19.8 Å². The number of nitrogens with one attached hydrogen (secondary N) is 1. The molecular weight excluding hydrogens is 250 g/mol. The van der Waals surface area contributed by atoms with Crippen LogP contribution >= 0.6 is 0 Å². The maximum atomic E-state index is 6.23. The largest absolute Gasteiger partial charge is 0.493 e. The van der Waals surface area contributed by atoms with E-state index >= 15 is 0 Å². The maximum absolute atomic E-state index is 6.23. The van der Waals surface area contributed by atoms with Crippen molar-refractivity contribution in [3.63, 3.8) is 0 Å². The smallest absolute Gasteiger partial charge is 0.161 e. The van der Waals surface area contributed by atoms with Gasteiger partial charge in [-0.2, -0.15) is 0 Å². The van der Waals surface area contributed by atoms with Gasteiger partial charge in [0.15, 0.2) is 11.5 Å². The van der Waals surface area contributed by atoms with Crippen LogP contribution in [0.2, 0.25) is 0 Å². The first-order chi connectivity index (χ1) is 9.83. The molecule has 0 atom stereocenters. The fourth-order valence-corrected chi connectivity index (χ4v) is 2.73. The van der Waals surface area contributed by atoms with Crippen molar-refractivity contribution in [1.82, 2.24) is 5.32 Å². The van der Waals surface area contributed by atoms with Crippen LogP contribution < -0.4 is 14.8 Å². The third-order valence-electron chi connectivity index (χ3n) is 3.90. The van der Waals surface area contributed by atoms with Crippen molar-refractivity contribution in [3.8, 4) is 11.5 Å². The monoisotopic (exact) mass is 277 g/mol. The first-order valence-electron chi connectivity index (χ1n) is 7.87. The van der Waals surface area contributed by atoms with Crippen LogP contribution in [0, 0.1) is 0 Å². The molecule has 0 aromatic heterocycles. The quantitative estimate of drug-likeness (QED) is 0.800. The third-order valence-corrected chi connectivity index (χ3v) is 3.90. The fraction of sp³-hybridized carbons (Fsp3) is 0.647. The molecule has 1 aliphatic carbocycles. The highest BCUT2D eigenvalue weighted by atomic mass is 16.5. The summed E-state index contributed by atoms with van der Waals surface area (Å²) in [4.78, 5) is 0. The molecule has 0 aliphatic heterocycles. The Morgan fingerprint density at radius 3 is 2.50 bits per heavy atom. The van der Waals surface area contributed by atoms with Gasteiger partial charge in [-0.15, -0.1) is 0 Å². The predicted octanol–water partition coefficient (Wildman–Crippen LogP) is 3.91. The molecule has 0 saturated heterocycles. The van der Waals surface area contributed by atoms with Gasteiger partial charge in [-0.3, -0.25) is 0 Å². The van der Waals surface area contributed by atoms with Crippen LogP contribution in [0.15, 0.2) is 18.2 Å². The van der Waals surface area contributed by atoms with Crippen molar-refractivity contribution in [1.29, 1.82) is 0 Å². The highest BCUT2D eigenvalue weighted by Gasteiger charge is 2.16. The Labute approximate surface area is 122 Å². The van der Waals surface area contributed by atoms with E-state index in [4.69, 9.17) is 9.47 Å². The van der Waals surface area contributed by atoms with Crippen molar-refractivity contribution in [2.24, 2.45) is 0 Å². The van der Waals surface area contributed by atoms with Crippen LogP contribution in [0.5, 0.6) is 11.5 Å². The van der Waals surface area contributed by atoms with E-state index in [2.05, 4.69) is 24.4 Å². The predicted molar refractivity (Wildman–Crippen MR) is 82.5 cm³/mol. The molecule has 1 fully saturated rings. The number of methoxy groups -OCH3 is 1. The van der Waals surface area contributed by atoms with Crippen LogP contribution in [-0.2, 0) is 6.54 Å². The first kappa shape index (κ1) is 15.2. The maximum Gasteiger partial charge on any atom is 0.161 e. The number of rotatable bonds is 6. The van der Waals surface area contributed by atoms with Crippen LogP contribution in [0.25, 0.3) is 0 Å². The minimum Gasteiger partial charge on any atom is -0.493 e. The van der Waals surface area contributed by atoms with Crippen LogP contribution in [0.1, 0.15) is 51.0 Å². The topological polar surface area (TPSA) is 30.5 Å². The molecule has 0 heterocycles. The molecule has 3 heteroatoms. The van der Waals surface area contributed by atoms with Crippen LogP contribution in [0.4, 0.5) is 0 Å². The molecule has 112 valence electrons. The van der Waals surface area contributed by atoms with Gasteiger partial charge in [0, 0.05) is 6.54 Å². The number of hydrogen-bond donors (Lipinski definition) is 1. The lowest BCUT2D eigenvalue weighted by Gasteiger charge is -2.19. The molecule has 1 aliphatic rings. The second kappa shape index (κ2) is 8.15. The van der Waals surface area contributed by atoms with Crippen molar-refractivity contribution >= 4 is 0 Å². The summed E-state index contributed by atoms with van der Waals surface area (Å²) in [6.45, 7) is 3.97. The van der Waals surface area contributed by atoms with E-state index in [1.54, 1.807) is 7.11 Å². The first-order valence-corrected chi connectivity index (χ1v) is 7.87. The Morgan fingerprint density at radius 2 is 1.85 bits per heavy atom. The summed E-state index contributed by atoms with van der Waals surface area (Å²) in [5.41, 5.74) is 1.25. The van der Waals surface area contributed by atoms with Gasteiger partial charge in [0.25, 0.3) is 0 Å². The molecule has 0 radical (unpaired) electrons. The van der Waals surface area contributed by atoms with Crippen molar-refractivity contribution < 1.29 is 9.47 Å². The van der Waals surface area contributed by atoms with Gasteiger partial charge in [0.2, 0.25) is 0 Å². The molecule has 3 nitrogen and oxygen atoms in total. The summed E-state index contributed by atoms with van der Waals surface area (Å²) in [7, 11) is 1.71.